The number of hydrogen-bond acceptors (Lipinski definition) is 2. The number of fused-ring (bicyclic) bond motifs is 4. The van der Waals surface area contributed by atoms with E-state index in [1.165, 1.54) is 60.8 Å². The van der Waals surface area contributed by atoms with Gasteiger partial charge in [0.25, 0.3) is 0 Å². The van der Waals surface area contributed by atoms with Gasteiger partial charge in [-0.25, -0.2) is 4.98 Å². The second-order valence-corrected chi connectivity index (χ2v) is 13.7. The van der Waals surface area contributed by atoms with Crippen molar-refractivity contribution >= 4 is 32.9 Å². The third-order valence-electron chi connectivity index (χ3n) is 10.3. The van der Waals surface area contributed by atoms with Crippen LogP contribution >= 0.6 is 0 Å². The van der Waals surface area contributed by atoms with Gasteiger partial charge in [0.05, 0.1) is 11.0 Å². The van der Waals surface area contributed by atoms with Crippen molar-refractivity contribution in [3.63, 3.8) is 0 Å². The Balaban J connectivity index is 1.02. The van der Waals surface area contributed by atoms with Crippen molar-refractivity contribution in [2.45, 2.75) is 6.92 Å². The second kappa shape index (κ2) is 12.7. The molecule has 0 bridgehead atoms. The van der Waals surface area contributed by atoms with Crippen LogP contribution in [0.1, 0.15) is 5.56 Å². The van der Waals surface area contributed by atoms with Gasteiger partial charge in [0.2, 0.25) is 5.89 Å². The van der Waals surface area contributed by atoms with E-state index in [9.17, 15) is 0 Å². The molecule has 0 atom stereocenters. The Labute approximate surface area is 308 Å². The van der Waals surface area contributed by atoms with Crippen LogP contribution in [0.2, 0.25) is 0 Å². The minimum Gasteiger partial charge on any atom is -0.436 e. The maximum absolute atomic E-state index is 6.32. The van der Waals surface area contributed by atoms with Crippen molar-refractivity contribution in [3.8, 4) is 61.6 Å². The van der Waals surface area contributed by atoms with Crippen molar-refractivity contribution in [2.75, 3.05) is 0 Å². The van der Waals surface area contributed by atoms with E-state index in [0.717, 1.165) is 33.5 Å². The number of nitrogens with zero attached hydrogens (tertiary/aromatic N) is 2. The summed E-state index contributed by atoms with van der Waals surface area (Å²) in [6.07, 6.45) is 0. The van der Waals surface area contributed by atoms with Crippen molar-refractivity contribution in [1.82, 2.24) is 9.55 Å². The van der Waals surface area contributed by atoms with Crippen molar-refractivity contribution in [2.24, 2.45) is 0 Å². The van der Waals surface area contributed by atoms with Gasteiger partial charge in [0.1, 0.15) is 5.52 Å². The summed E-state index contributed by atoms with van der Waals surface area (Å²) in [6.45, 7) is 2.11. The van der Waals surface area contributed by atoms with Crippen LogP contribution in [0.4, 0.5) is 0 Å². The summed E-state index contributed by atoms with van der Waals surface area (Å²) in [5.41, 5.74) is 16.8. The number of aryl methyl sites for hydroxylation is 1. The first-order chi connectivity index (χ1) is 26.2. The molecule has 0 saturated carbocycles. The van der Waals surface area contributed by atoms with Gasteiger partial charge < -0.3 is 8.98 Å². The smallest absolute Gasteiger partial charge is 0.227 e. The minimum absolute atomic E-state index is 0.621. The molecule has 3 nitrogen and oxygen atoms in total. The SMILES string of the molecule is Cc1cccc(-c2ccc3nc(-c4ccc(-c5ccccc5-c5ccccc5-c5ccc6c(c5)c5ccccc5n6-c5ccccc5)cc4)oc3c2)c1. The summed E-state index contributed by atoms with van der Waals surface area (Å²) in [7, 11) is 0. The van der Waals surface area contributed by atoms with Crippen molar-refractivity contribution < 1.29 is 4.42 Å². The lowest BCUT2D eigenvalue weighted by Gasteiger charge is -2.15. The number of aromatic nitrogens is 2. The monoisotopic (exact) mass is 678 g/mol. The molecule has 2 heterocycles. The molecule has 10 rings (SSSR count). The Kier molecular flexibility index (Phi) is 7.36. The van der Waals surface area contributed by atoms with Gasteiger partial charge in [-0.1, -0.05) is 139 Å². The van der Waals surface area contributed by atoms with E-state index in [-0.39, 0.29) is 0 Å². The van der Waals surface area contributed by atoms with Gasteiger partial charge in [0.15, 0.2) is 5.58 Å². The fraction of sp³-hybridized carbons (Fsp3) is 0.0200. The molecular weight excluding hydrogens is 645 g/mol. The van der Waals surface area contributed by atoms with E-state index in [1.54, 1.807) is 0 Å². The molecule has 0 radical (unpaired) electrons. The fourth-order valence-corrected chi connectivity index (χ4v) is 7.78. The molecule has 0 spiro atoms. The molecule has 0 unspecified atom stereocenters. The molecule has 8 aromatic carbocycles. The Bertz CT molecular complexity index is 2950. The predicted molar refractivity (Wildman–Crippen MR) is 220 cm³/mol. The molecule has 2 aromatic heterocycles. The van der Waals surface area contributed by atoms with E-state index in [0.29, 0.717) is 5.89 Å². The summed E-state index contributed by atoms with van der Waals surface area (Å²) < 4.78 is 8.69. The first kappa shape index (κ1) is 30.8. The first-order valence-corrected chi connectivity index (χ1v) is 18.0. The van der Waals surface area contributed by atoms with Gasteiger partial charge in [-0.05, 0) is 106 Å². The summed E-state index contributed by atoms with van der Waals surface area (Å²) in [4.78, 5) is 4.84. The van der Waals surface area contributed by atoms with E-state index < -0.39 is 0 Å². The Morgan fingerprint density at radius 2 is 1.02 bits per heavy atom. The van der Waals surface area contributed by atoms with Crippen LogP contribution < -0.4 is 0 Å². The average molecular weight is 679 g/mol. The van der Waals surface area contributed by atoms with Gasteiger partial charge in [0, 0.05) is 22.0 Å². The molecule has 250 valence electrons. The molecule has 0 saturated heterocycles. The standard InChI is InChI=1S/C50H34N2O/c1-33-12-11-13-36(30-33)37-26-28-46-49(32-37)53-50(51-46)35-24-22-34(23-25-35)40-16-5-7-18-42(40)43-19-8-6-17-41(43)38-27-29-48-45(31-38)44-20-9-10-21-47(44)52(48)39-14-3-2-4-15-39/h2-32H,1H3. The maximum Gasteiger partial charge on any atom is 0.227 e. The van der Waals surface area contributed by atoms with Crippen LogP contribution in [0.25, 0.3) is 94.6 Å². The maximum atomic E-state index is 6.32. The largest absolute Gasteiger partial charge is 0.436 e. The van der Waals surface area contributed by atoms with Crippen LogP contribution in [-0.2, 0) is 0 Å². The summed E-state index contributed by atoms with van der Waals surface area (Å²) in [5.74, 6) is 0.621. The highest BCUT2D eigenvalue weighted by atomic mass is 16.3. The molecule has 3 heteroatoms. The number of benzene rings is 8. The number of oxazole rings is 1. The molecule has 0 fully saturated rings. The van der Waals surface area contributed by atoms with Gasteiger partial charge >= 0.3 is 0 Å². The summed E-state index contributed by atoms with van der Waals surface area (Å²) >= 11 is 0. The van der Waals surface area contributed by atoms with Gasteiger partial charge in [-0.3, -0.25) is 0 Å². The zero-order chi connectivity index (χ0) is 35.3. The van der Waals surface area contributed by atoms with E-state index in [2.05, 4.69) is 193 Å². The topological polar surface area (TPSA) is 31.0 Å². The van der Waals surface area contributed by atoms with E-state index >= 15 is 0 Å². The molecule has 53 heavy (non-hydrogen) atoms. The van der Waals surface area contributed by atoms with Crippen LogP contribution in [0.3, 0.4) is 0 Å². The third-order valence-corrected chi connectivity index (χ3v) is 10.3. The molecule has 0 N–H and O–H groups in total. The highest BCUT2D eigenvalue weighted by Gasteiger charge is 2.17. The van der Waals surface area contributed by atoms with Crippen LogP contribution in [0.5, 0.6) is 0 Å². The lowest BCUT2D eigenvalue weighted by Crippen LogP contribution is -1.93. The lowest BCUT2D eigenvalue weighted by molar-refractivity contribution is 0.620. The van der Waals surface area contributed by atoms with E-state index in [4.69, 9.17) is 9.40 Å². The number of para-hydroxylation sites is 2. The highest BCUT2D eigenvalue weighted by molar-refractivity contribution is 6.11. The normalized spacial score (nSPS) is 11.5. The molecule has 0 aliphatic rings. The molecule has 10 aromatic rings. The number of rotatable bonds is 6. The lowest BCUT2D eigenvalue weighted by atomic mass is 9.89. The Morgan fingerprint density at radius 3 is 1.79 bits per heavy atom. The molecule has 0 aliphatic heterocycles. The summed E-state index contributed by atoms with van der Waals surface area (Å²) in [6, 6.07) is 67.0. The molecular formula is C50H34N2O. The minimum atomic E-state index is 0.621. The predicted octanol–water partition coefficient (Wildman–Crippen LogP) is 13.6. The third kappa shape index (κ3) is 5.42. The Hall–Kier alpha value is -6.97. The van der Waals surface area contributed by atoms with E-state index in [1.807, 2.05) is 6.07 Å². The summed E-state index contributed by atoms with van der Waals surface area (Å²) in [5, 5.41) is 2.49. The van der Waals surface area contributed by atoms with Gasteiger partial charge in [-0.15, -0.1) is 0 Å². The van der Waals surface area contributed by atoms with Crippen LogP contribution in [0, 0.1) is 6.92 Å². The van der Waals surface area contributed by atoms with Crippen LogP contribution in [-0.4, -0.2) is 9.55 Å². The molecule has 0 aliphatic carbocycles. The zero-order valence-corrected chi connectivity index (χ0v) is 29.2. The van der Waals surface area contributed by atoms with Crippen molar-refractivity contribution in [3.05, 3.63) is 194 Å². The quantitative estimate of drug-likeness (QED) is 0.175. The van der Waals surface area contributed by atoms with Crippen LogP contribution in [0.15, 0.2) is 192 Å². The van der Waals surface area contributed by atoms with Crippen molar-refractivity contribution in [1.29, 1.82) is 0 Å². The second-order valence-electron chi connectivity index (χ2n) is 13.7. The number of hydrogen-bond donors (Lipinski definition) is 0. The first-order valence-electron chi connectivity index (χ1n) is 18.0. The average Bonchev–Trinajstić information content (AvgIpc) is 3.80. The zero-order valence-electron chi connectivity index (χ0n) is 29.2. The van der Waals surface area contributed by atoms with Gasteiger partial charge in [-0.2, -0.15) is 0 Å². The molecule has 0 amide bonds. The fourth-order valence-electron chi connectivity index (χ4n) is 7.78. The Morgan fingerprint density at radius 1 is 0.415 bits per heavy atom. The highest BCUT2D eigenvalue weighted by Crippen LogP contribution is 2.41.